The fourth-order valence-corrected chi connectivity index (χ4v) is 2.77. The van der Waals surface area contributed by atoms with Gasteiger partial charge in [-0.25, -0.2) is 0 Å². The Kier molecular flexibility index (Phi) is 5.35. The molecule has 3 rings (SSSR count). The highest BCUT2D eigenvalue weighted by Gasteiger charge is 2.14. The summed E-state index contributed by atoms with van der Waals surface area (Å²) in [5.41, 5.74) is 1.56. The Morgan fingerprint density at radius 3 is 2.16 bits per heavy atom. The van der Waals surface area contributed by atoms with Gasteiger partial charge in [0.05, 0.1) is 20.6 Å². The van der Waals surface area contributed by atoms with E-state index in [1.807, 2.05) is 24.3 Å². The van der Waals surface area contributed by atoms with Crippen molar-refractivity contribution in [2.45, 2.75) is 11.6 Å². The maximum atomic E-state index is 12.2. The molecule has 0 saturated heterocycles. The third kappa shape index (κ3) is 4.39. The summed E-state index contributed by atoms with van der Waals surface area (Å²) in [6.45, 7) is 0. The molecule has 7 heteroatoms. The molecule has 3 aromatic rings. The molecule has 0 aliphatic heterocycles. The number of thioether (sulfide) groups is 1. The predicted molar refractivity (Wildman–Crippen MR) is 93.3 cm³/mol. The lowest BCUT2D eigenvalue weighted by atomic mass is 10.1. The van der Waals surface area contributed by atoms with Crippen LogP contribution in [0.4, 0.5) is 0 Å². The average molecular weight is 356 g/mol. The van der Waals surface area contributed by atoms with E-state index in [2.05, 4.69) is 10.2 Å². The molecule has 0 fully saturated rings. The molecule has 0 bridgehead atoms. The molecule has 2 aromatic carbocycles. The van der Waals surface area contributed by atoms with E-state index in [1.54, 1.807) is 38.5 Å². The van der Waals surface area contributed by atoms with Crippen molar-refractivity contribution in [3.63, 3.8) is 0 Å². The second-order valence-electron chi connectivity index (χ2n) is 5.10. The van der Waals surface area contributed by atoms with Gasteiger partial charge in [0.25, 0.3) is 5.22 Å². The number of methoxy groups -OCH3 is 2. The molecule has 1 heterocycles. The number of nitrogens with zero attached hydrogens (tertiary/aromatic N) is 2. The summed E-state index contributed by atoms with van der Waals surface area (Å²) in [7, 11) is 3.20. The molecule has 0 unspecified atom stereocenters. The minimum absolute atomic E-state index is 0.165. The molecular weight excluding hydrogens is 340 g/mol. The van der Waals surface area contributed by atoms with E-state index < -0.39 is 0 Å². The van der Waals surface area contributed by atoms with E-state index >= 15 is 0 Å². The molecule has 0 radical (unpaired) electrons. The number of rotatable bonds is 6. The highest BCUT2D eigenvalue weighted by atomic mass is 32.2. The van der Waals surface area contributed by atoms with Crippen molar-refractivity contribution >= 4 is 16.9 Å². The van der Waals surface area contributed by atoms with Crippen LogP contribution < -0.4 is 9.47 Å². The highest BCUT2D eigenvalue weighted by Crippen LogP contribution is 2.24. The van der Waals surface area contributed by atoms with E-state index in [0.717, 1.165) is 23.1 Å². The lowest BCUT2D eigenvalue weighted by Crippen LogP contribution is -1.93. The quantitative estimate of drug-likeness (QED) is 0.625. The number of ether oxygens (including phenoxy) is 2. The Labute approximate surface area is 149 Å². The summed E-state index contributed by atoms with van der Waals surface area (Å²) in [5, 5.41) is 7.97. The van der Waals surface area contributed by atoms with Crippen LogP contribution in [0.5, 0.6) is 11.5 Å². The summed E-state index contributed by atoms with van der Waals surface area (Å²) >= 11 is 0.908. The molecule has 0 atom stereocenters. The minimum Gasteiger partial charge on any atom is -0.497 e. The topological polar surface area (TPSA) is 74.5 Å². The van der Waals surface area contributed by atoms with Gasteiger partial charge in [-0.1, -0.05) is 12.1 Å². The average Bonchev–Trinajstić information content (AvgIpc) is 3.09. The zero-order valence-corrected chi connectivity index (χ0v) is 14.6. The van der Waals surface area contributed by atoms with Crippen LogP contribution >= 0.6 is 11.8 Å². The van der Waals surface area contributed by atoms with Gasteiger partial charge in [-0.05, 0) is 42.0 Å². The fraction of sp³-hybridized carbons (Fsp3) is 0.167. The van der Waals surface area contributed by atoms with Gasteiger partial charge in [0.15, 0.2) is 0 Å². The van der Waals surface area contributed by atoms with Crippen LogP contribution in [0.15, 0.2) is 58.2 Å². The molecule has 0 aliphatic rings. The molecule has 0 saturated carbocycles. The Morgan fingerprint density at radius 1 is 0.960 bits per heavy atom. The maximum absolute atomic E-state index is 12.2. The van der Waals surface area contributed by atoms with Gasteiger partial charge in [-0.2, -0.15) is 0 Å². The third-order valence-corrected chi connectivity index (χ3v) is 4.23. The predicted octanol–water partition coefficient (Wildman–Crippen LogP) is 3.61. The molecule has 1 aromatic heterocycles. The molecule has 6 nitrogen and oxygen atoms in total. The van der Waals surface area contributed by atoms with Crippen LogP contribution in [0.2, 0.25) is 0 Å². The number of benzene rings is 2. The van der Waals surface area contributed by atoms with Crippen LogP contribution in [-0.2, 0) is 6.42 Å². The van der Waals surface area contributed by atoms with Gasteiger partial charge < -0.3 is 13.9 Å². The second-order valence-corrected chi connectivity index (χ2v) is 6.03. The number of aromatic nitrogens is 2. The van der Waals surface area contributed by atoms with E-state index in [9.17, 15) is 4.79 Å². The normalized spacial score (nSPS) is 10.5. The first-order chi connectivity index (χ1) is 12.2. The number of hydrogen-bond acceptors (Lipinski definition) is 7. The van der Waals surface area contributed by atoms with Crippen molar-refractivity contribution in [1.82, 2.24) is 10.2 Å². The number of carbonyl (C=O) groups is 1. The van der Waals surface area contributed by atoms with Gasteiger partial charge in [0.2, 0.25) is 11.0 Å². The van der Waals surface area contributed by atoms with E-state index in [0.29, 0.717) is 23.6 Å². The number of carbonyl (C=O) groups excluding carboxylic acids is 1. The van der Waals surface area contributed by atoms with Crippen molar-refractivity contribution in [3.05, 3.63) is 65.5 Å². The first-order valence-corrected chi connectivity index (χ1v) is 8.31. The standard InChI is InChI=1S/C18H16N2O4S/c1-22-14-7-3-12(4-8-14)11-16-19-20-18(24-16)25-17(21)13-5-9-15(23-2)10-6-13/h3-10H,11H2,1-2H3. The SMILES string of the molecule is COc1ccc(Cc2nnc(SC(=O)c3ccc(OC)cc3)o2)cc1. The largest absolute Gasteiger partial charge is 0.497 e. The van der Waals surface area contributed by atoms with Crippen LogP contribution in [0, 0.1) is 0 Å². The van der Waals surface area contributed by atoms with Crippen molar-refractivity contribution in [2.24, 2.45) is 0 Å². The third-order valence-electron chi connectivity index (χ3n) is 3.47. The van der Waals surface area contributed by atoms with Gasteiger partial charge in [-0.15, -0.1) is 10.2 Å². The van der Waals surface area contributed by atoms with Crippen LogP contribution in [-0.4, -0.2) is 29.5 Å². The zero-order chi connectivity index (χ0) is 17.6. The minimum atomic E-state index is -0.165. The molecular formula is C18H16N2O4S. The Balaban J connectivity index is 1.63. The zero-order valence-electron chi connectivity index (χ0n) is 13.8. The van der Waals surface area contributed by atoms with E-state index in [-0.39, 0.29) is 10.3 Å². The number of hydrogen-bond donors (Lipinski definition) is 0. The monoisotopic (exact) mass is 356 g/mol. The van der Waals surface area contributed by atoms with Gasteiger partial charge in [0.1, 0.15) is 11.5 Å². The first-order valence-electron chi connectivity index (χ1n) is 7.49. The van der Waals surface area contributed by atoms with Crippen molar-refractivity contribution in [2.75, 3.05) is 14.2 Å². The second kappa shape index (κ2) is 7.85. The smallest absolute Gasteiger partial charge is 0.284 e. The first kappa shape index (κ1) is 17.0. The van der Waals surface area contributed by atoms with Crippen molar-refractivity contribution in [3.8, 4) is 11.5 Å². The molecule has 0 spiro atoms. The highest BCUT2D eigenvalue weighted by molar-refractivity contribution is 8.14. The fourth-order valence-electron chi connectivity index (χ4n) is 2.13. The van der Waals surface area contributed by atoms with Gasteiger partial charge >= 0.3 is 0 Å². The van der Waals surface area contributed by atoms with Gasteiger partial charge in [-0.3, -0.25) is 4.79 Å². The van der Waals surface area contributed by atoms with Crippen LogP contribution in [0.3, 0.4) is 0 Å². The summed E-state index contributed by atoms with van der Waals surface area (Å²) in [6.07, 6.45) is 0.494. The maximum Gasteiger partial charge on any atom is 0.284 e. The molecule has 0 aliphatic carbocycles. The van der Waals surface area contributed by atoms with E-state index in [1.165, 1.54) is 0 Å². The summed E-state index contributed by atoms with van der Waals surface area (Å²) in [4.78, 5) is 12.2. The van der Waals surface area contributed by atoms with Crippen LogP contribution in [0.25, 0.3) is 0 Å². The molecule has 0 N–H and O–H groups in total. The molecule has 128 valence electrons. The summed E-state index contributed by atoms with van der Waals surface area (Å²) in [6, 6.07) is 14.5. The van der Waals surface area contributed by atoms with Crippen molar-refractivity contribution < 1.29 is 18.7 Å². The Hall–Kier alpha value is -2.80. The van der Waals surface area contributed by atoms with Crippen molar-refractivity contribution in [1.29, 1.82) is 0 Å². The summed E-state index contributed by atoms with van der Waals surface area (Å²) < 4.78 is 15.7. The van der Waals surface area contributed by atoms with E-state index in [4.69, 9.17) is 13.9 Å². The Bertz CT molecular complexity index is 844. The van der Waals surface area contributed by atoms with Gasteiger partial charge in [0, 0.05) is 17.3 Å². The van der Waals surface area contributed by atoms with Crippen LogP contribution in [0.1, 0.15) is 21.8 Å². The molecule has 25 heavy (non-hydrogen) atoms. The lowest BCUT2D eigenvalue weighted by Gasteiger charge is -2.01. The molecule has 0 amide bonds. The Morgan fingerprint density at radius 2 is 1.56 bits per heavy atom. The lowest BCUT2D eigenvalue weighted by molar-refractivity contribution is 0.108. The summed E-state index contributed by atoms with van der Waals surface area (Å²) in [5.74, 6) is 1.94.